The van der Waals surface area contributed by atoms with E-state index in [9.17, 15) is 24.3 Å². The van der Waals surface area contributed by atoms with Crippen molar-refractivity contribution in [1.29, 1.82) is 0 Å². The molecule has 2 amide bonds. The first kappa shape index (κ1) is 23.1. The second kappa shape index (κ2) is 11.7. The molecule has 28 heavy (non-hydrogen) atoms. The van der Waals surface area contributed by atoms with E-state index in [1.165, 1.54) is 0 Å². The van der Waals surface area contributed by atoms with Crippen LogP contribution in [0.5, 0.6) is 0 Å². The van der Waals surface area contributed by atoms with E-state index in [1.54, 1.807) is 13.8 Å². The molecular weight excluding hydrogens is 364 g/mol. The van der Waals surface area contributed by atoms with Crippen LogP contribution in [0.2, 0.25) is 0 Å². The minimum Gasteiger partial charge on any atom is -0.480 e. The van der Waals surface area contributed by atoms with Crippen molar-refractivity contribution in [3.8, 4) is 0 Å². The Morgan fingerprint density at radius 2 is 1.57 bits per heavy atom. The highest BCUT2D eigenvalue weighted by molar-refractivity contribution is 5.87. The van der Waals surface area contributed by atoms with Gasteiger partial charge >= 0.3 is 11.9 Å². The summed E-state index contributed by atoms with van der Waals surface area (Å²) in [4.78, 5) is 47.0. The maximum atomic E-state index is 12.0. The normalized spacial score (nSPS) is 13.7. The largest absolute Gasteiger partial charge is 0.480 e. The molecule has 0 heterocycles. The smallest absolute Gasteiger partial charge is 0.326 e. The van der Waals surface area contributed by atoms with Gasteiger partial charge in [0.1, 0.15) is 6.04 Å². The van der Waals surface area contributed by atoms with Gasteiger partial charge in [-0.05, 0) is 25.8 Å². The van der Waals surface area contributed by atoms with Gasteiger partial charge in [-0.15, -0.1) is 0 Å². The first-order valence-corrected chi connectivity index (χ1v) is 9.27. The maximum Gasteiger partial charge on any atom is 0.326 e. The van der Waals surface area contributed by atoms with Crippen LogP contribution >= 0.6 is 0 Å². The van der Waals surface area contributed by atoms with Gasteiger partial charge in [0.25, 0.3) is 0 Å². The van der Waals surface area contributed by atoms with Crippen molar-refractivity contribution in [3.05, 3.63) is 35.9 Å². The third-order valence-corrected chi connectivity index (χ3v) is 4.17. The lowest BCUT2D eigenvalue weighted by atomic mass is 10.0. The second-order valence-corrected chi connectivity index (χ2v) is 6.55. The summed E-state index contributed by atoms with van der Waals surface area (Å²) in [5, 5.41) is 14.4. The summed E-state index contributed by atoms with van der Waals surface area (Å²) in [7, 11) is 0. The molecule has 0 radical (unpaired) electrons. The van der Waals surface area contributed by atoms with Gasteiger partial charge in [-0.3, -0.25) is 14.4 Å². The quantitative estimate of drug-likeness (QED) is 0.494. The van der Waals surface area contributed by atoms with E-state index < -0.39 is 29.8 Å². The highest BCUT2D eigenvalue weighted by atomic mass is 16.5. The fourth-order valence-corrected chi connectivity index (χ4v) is 2.59. The Bertz CT molecular complexity index is 677. The Balaban J connectivity index is 2.46. The third-order valence-electron chi connectivity index (χ3n) is 4.17. The van der Waals surface area contributed by atoms with Gasteiger partial charge in [-0.1, -0.05) is 37.3 Å². The summed E-state index contributed by atoms with van der Waals surface area (Å²) in [5.74, 6) is -3.30. The highest BCUT2D eigenvalue weighted by Gasteiger charge is 2.26. The fourth-order valence-electron chi connectivity index (χ4n) is 2.59. The number of nitrogens with one attached hydrogen (secondary N) is 2. The van der Waals surface area contributed by atoms with Crippen LogP contribution in [0.3, 0.4) is 0 Å². The minimum absolute atomic E-state index is 0.0667. The average molecular weight is 392 g/mol. The number of carbonyl (C=O) groups excluding carboxylic acids is 3. The van der Waals surface area contributed by atoms with Gasteiger partial charge < -0.3 is 20.5 Å². The SMILES string of the molecule is CCOC(=O)[C@H](C)C[C@H](NC(=O)CCC(=O)N[C@H](C)c1ccccc1)C(=O)O. The third kappa shape index (κ3) is 8.20. The molecule has 0 bridgehead atoms. The molecular formula is C20H28N2O6. The molecule has 8 heteroatoms. The molecule has 0 saturated heterocycles. The van der Waals surface area contributed by atoms with Gasteiger partial charge in [-0.2, -0.15) is 0 Å². The number of aliphatic carboxylic acids is 1. The van der Waals surface area contributed by atoms with Crippen LogP contribution in [0.25, 0.3) is 0 Å². The Morgan fingerprint density at radius 1 is 1.00 bits per heavy atom. The minimum atomic E-state index is -1.24. The molecule has 154 valence electrons. The van der Waals surface area contributed by atoms with Crippen LogP contribution in [0, 0.1) is 5.92 Å². The predicted octanol–water partition coefficient (Wildman–Crippen LogP) is 1.80. The summed E-state index contributed by atoms with van der Waals surface area (Å²) in [6.45, 7) is 5.23. The lowest BCUT2D eigenvalue weighted by Gasteiger charge is -2.18. The molecule has 3 N–H and O–H groups in total. The zero-order valence-electron chi connectivity index (χ0n) is 16.4. The zero-order chi connectivity index (χ0) is 21.1. The van der Waals surface area contributed by atoms with Crippen LogP contribution in [0.4, 0.5) is 0 Å². The number of hydrogen-bond donors (Lipinski definition) is 3. The fraction of sp³-hybridized carbons (Fsp3) is 0.500. The van der Waals surface area contributed by atoms with Crippen molar-refractivity contribution in [3.63, 3.8) is 0 Å². The lowest BCUT2D eigenvalue weighted by Crippen LogP contribution is -2.43. The van der Waals surface area contributed by atoms with E-state index in [1.807, 2.05) is 37.3 Å². The maximum absolute atomic E-state index is 12.0. The molecule has 1 aromatic carbocycles. The Morgan fingerprint density at radius 3 is 2.11 bits per heavy atom. The van der Waals surface area contributed by atoms with Crippen molar-refractivity contribution in [2.24, 2.45) is 5.92 Å². The van der Waals surface area contributed by atoms with E-state index in [0.717, 1.165) is 5.56 Å². The van der Waals surface area contributed by atoms with E-state index in [0.29, 0.717) is 0 Å². The van der Waals surface area contributed by atoms with E-state index >= 15 is 0 Å². The van der Waals surface area contributed by atoms with Gasteiger partial charge in [0.2, 0.25) is 11.8 Å². The molecule has 0 aliphatic heterocycles. The number of hydrogen-bond acceptors (Lipinski definition) is 5. The van der Waals surface area contributed by atoms with Gasteiger partial charge in [0, 0.05) is 12.8 Å². The summed E-state index contributed by atoms with van der Waals surface area (Å²) in [5.41, 5.74) is 0.944. The molecule has 0 aromatic heterocycles. The standard InChI is InChI=1S/C20H28N2O6/c1-4-28-20(27)13(2)12-16(19(25)26)22-18(24)11-10-17(23)21-14(3)15-8-6-5-7-9-15/h5-9,13-14,16H,4,10-12H2,1-3H3,(H,21,23)(H,22,24)(H,25,26)/t13-,14-,16+/m1/s1. The molecule has 1 rings (SSSR count). The summed E-state index contributed by atoms with van der Waals surface area (Å²) in [6.07, 6.45) is -0.301. The molecule has 1 aromatic rings. The second-order valence-electron chi connectivity index (χ2n) is 6.55. The Labute approximate surface area is 164 Å². The molecule has 0 aliphatic rings. The van der Waals surface area contributed by atoms with Gasteiger partial charge in [0.15, 0.2) is 0 Å². The highest BCUT2D eigenvalue weighted by Crippen LogP contribution is 2.12. The summed E-state index contributed by atoms with van der Waals surface area (Å²) >= 11 is 0. The van der Waals surface area contributed by atoms with Gasteiger partial charge in [0.05, 0.1) is 18.6 Å². The number of benzene rings is 1. The number of ether oxygens (including phenoxy) is 1. The lowest BCUT2D eigenvalue weighted by molar-refractivity contribution is -0.149. The number of carbonyl (C=O) groups is 4. The van der Waals surface area contributed by atoms with Crippen molar-refractivity contribution in [2.45, 2.75) is 52.1 Å². The monoisotopic (exact) mass is 392 g/mol. The number of carboxylic acids is 1. The van der Waals surface area contributed by atoms with Crippen molar-refractivity contribution < 1.29 is 29.0 Å². The Kier molecular flexibility index (Phi) is 9.70. The van der Waals surface area contributed by atoms with E-state index in [4.69, 9.17) is 4.74 Å². The molecule has 8 nitrogen and oxygen atoms in total. The molecule has 3 atom stereocenters. The number of esters is 1. The molecule has 0 saturated carbocycles. The molecule has 0 aliphatic carbocycles. The Hall–Kier alpha value is -2.90. The zero-order valence-corrected chi connectivity index (χ0v) is 16.4. The first-order valence-electron chi connectivity index (χ1n) is 9.27. The van der Waals surface area contributed by atoms with Crippen LogP contribution in [0.1, 0.15) is 51.6 Å². The van der Waals surface area contributed by atoms with Crippen LogP contribution in [-0.4, -0.2) is 41.5 Å². The van der Waals surface area contributed by atoms with Crippen molar-refractivity contribution in [2.75, 3.05) is 6.61 Å². The predicted molar refractivity (Wildman–Crippen MR) is 102 cm³/mol. The number of amides is 2. The topological polar surface area (TPSA) is 122 Å². The average Bonchev–Trinajstić information content (AvgIpc) is 2.66. The molecule has 0 fully saturated rings. The molecule has 0 spiro atoms. The van der Waals surface area contributed by atoms with Gasteiger partial charge in [-0.25, -0.2) is 4.79 Å². The van der Waals surface area contributed by atoms with Crippen molar-refractivity contribution >= 4 is 23.8 Å². The molecule has 0 unspecified atom stereocenters. The summed E-state index contributed by atoms with van der Waals surface area (Å²) in [6, 6.07) is 7.97. The van der Waals surface area contributed by atoms with Crippen LogP contribution in [-0.2, 0) is 23.9 Å². The van der Waals surface area contributed by atoms with E-state index in [2.05, 4.69) is 10.6 Å². The van der Waals surface area contributed by atoms with E-state index in [-0.39, 0.29) is 37.8 Å². The van der Waals surface area contributed by atoms with Crippen LogP contribution in [0.15, 0.2) is 30.3 Å². The first-order chi connectivity index (χ1) is 13.2. The van der Waals surface area contributed by atoms with Crippen LogP contribution < -0.4 is 10.6 Å². The number of rotatable bonds is 11. The summed E-state index contributed by atoms with van der Waals surface area (Å²) < 4.78 is 4.84. The number of carboxylic acid groups (broad SMARTS) is 1. The van der Waals surface area contributed by atoms with Crippen molar-refractivity contribution in [1.82, 2.24) is 10.6 Å².